The van der Waals surface area contributed by atoms with Gasteiger partial charge in [-0.3, -0.25) is 14.5 Å². The Morgan fingerprint density at radius 3 is 2.39 bits per heavy atom. The van der Waals surface area contributed by atoms with Crippen LogP contribution in [-0.4, -0.2) is 39.2 Å². The standard InChI is InChI=1S/C26H21F4N5O2S/c1-3-34-23-19(14(2)33-35(23)17-7-5-4-6-8-17)20(15-9-11-16(27)12-10-15)21(24(34)37)32-22(36)18-13-38-25(31-18)26(28,29)30/h4-13,20-21H,3H2,1-2H3,(H,32,36). The van der Waals surface area contributed by atoms with Crippen LogP contribution in [0, 0.1) is 12.7 Å². The second kappa shape index (κ2) is 9.67. The van der Waals surface area contributed by atoms with Crippen molar-refractivity contribution in [1.29, 1.82) is 0 Å². The van der Waals surface area contributed by atoms with E-state index in [1.807, 2.05) is 30.3 Å². The number of aryl methyl sites for hydroxylation is 1. The molecule has 0 saturated carbocycles. The van der Waals surface area contributed by atoms with Crippen LogP contribution in [0.5, 0.6) is 0 Å². The van der Waals surface area contributed by atoms with Crippen LogP contribution in [0.15, 0.2) is 60.0 Å². The molecule has 2 aromatic carbocycles. The van der Waals surface area contributed by atoms with Gasteiger partial charge in [0.05, 0.1) is 11.4 Å². The number of halogens is 4. The fourth-order valence-corrected chi connectivity index (χ4v) is 5.35. The molecule has 7 nitrogen and oxygen atoms in total. The third kappa shape index (κ3) is 4.44. The van der Waals surface area contributed by atoms with Gasteiger partial charge in [0.15, 0.2) is 5.01 Å². The minimum Gasteiger partial charge on any atom is -0.338 e. The third-order valence-electron chi connectivity index (χ3n) is 6.33. The molecule has 2 atom stereocenters. The van der Waals surface area contributed by atoms with Crippen LogP contribution in [-0.2, 0) is 11.0 Å². The number of alkyl halides is 3. The number of thiazole rings is 1. The number of aromatic nitrogens is 3. The van der Waals surface area contributed by atoms with E-state index in [0.29, 0.717) is 39.7 Å². The van der Waals surface area contributed by atoms with Crippen molar-refractivity contribution in [3.63, 3.8) is 0 Å². The molecule has 0 spiro atoms. The number of nitrogens with one attached hydrogen (secondary N) is 1. The van der Waals surface area contributed by atoms with Gasteiger partial charge in [-0.05, 0) is 43.7 Å². The Morgan fingerprint density at radius 2 is 1.79 bits per heavy atom. The van der Waals surface area contributed by atoms with E-state index in [1.165, 1.54) is 29.2 Å². The number of anilines is 1. The van der Waals surface area contributed by atoms with E-state index in [0.717, 1.165) is 5.38 Å². The average molecular weight is 544 g/mol. The molecular weight excluding hydrogens is 522 g/mol. The Labute approximate surface area is 218 Å². The SMILES string of the molecule is CCN1C(=O)C(NC(=O)c2csc(C(F)(F)F)n2)C(c2ccc(F)cc2)c2c(C)nn(-c3ccccc3)c21. The lowest BCUT2D eigenvalue weighted by atomic mass is 9.81. The third-order valence-corrected chi connectivity index (χ3v) is 7.21. The first kappa shape index (κ1) is 25.6. The van der Waals surface area contributed by atoms with E-state index in [1.54, 1.807) is 18.5 Å². The monoisotopic (exact) mass is 543 g/mol. The van der Waals surface area contributed by atoms with Crippen LogP contribution >= 0.6 is 11.3 Å². The summed E-state index contributed by atoms with van der Waals surface area (Å²) < 4.78 is 54.7. The molecule has 2 aromatic heterocycles. The lowest BCUT2D eigenvalue weighted by Gasteiger charge is -2.38. The molecule has 0 saturated heterocycles. The molecule has 2 amide bonds. The molecular formula is C26H21F4N5O2S. The van der Waals surface area contributed by atoms with Crippen molar-refractivity contribution in [1.82, 2.24) is 20.1 Å². The van der Waals surface area contributed by atoms with Crippen LogP contribution in [0.3, 0.4) is 0 Å². The highest BCUT2D eigenvalue weighted by Crippen LogP contribution is 2.43. The second-order valence-electron chi connectivity index (χ2n) is 8.67. The van der Waals surface area contributed by atoms with E-state index in [4.69, 9.17) is 5.10 Å². The Balaban J connectivity index is 1.64. The van der Waals surface area contributed by atoms with Crippen molar-refractivity contribution in [3.05, 3.63) is 93.3 Å². The maximum Gasteiger partial charge on any atom is 0.443 e. The lowest BCUT2D eigenvalue weighted by Crippen LogP contribution is -2.55. The molecule has 5 rings (SSSR count). The van der Waals surface area contributed by atoms with E-state index in [-0.39, 0.29) is 6.54 Å². The molecule has 196 valence electrons. The zero-order valence-electron chi connectivity index (χ0n) is 20.2. The van der Waals surface area contributed by atoms with Gasteiger partial charge in [0, 0.05) is 23.4 Å². The molecule has 1 N–H and O–H groups in total. The number of fused-ring (bicyclic) bond motifs is 1. The Morgan fingerprint density at radius 1 is 1.11 bits per heavy atom. The molecule has 0 fully saturated rings. The molecule has 12 heteroatoms. The maximum absolute atomic E-state index is 13.9. The molecule has 4 aromatic rings. The number of para-hydroxylation sites is 1. The number of hydrogen-bond acceptors (Lipinski definition) is 5. The number of carbonyl (C=O) groups excluding carboxylic acids is 2. The first-order valence-electron chi connectivity index (χ1n) is 11.7. The topological polar surface area (TPSA) is 80.1 Å². The quantitative estimate of drug-likeness (QED) is 0.356. The Kier molecular flexibility index (Phi) is 6.51. The predicted octanol–water partition coefficient (Wildman–Crippen LogP) is 5.09. The molecule has 0 radical (unpaired) electrons. The summed E-state index contributed by atoms with van der Waals surface area (Å²) in [5.74, 6) is -2.16. The number of benzene rings is 2. The predicted molar refractivity (Wildman–Crippen MR) is 133 cm³/mol. The van der Waals surface area contributed by atoms with Crippen molar-refractivity contribution in [2.24, 2.45) is 0 Å². The number of carbonyl (C=O) groups is 2. The summed E-state index contributed by atoms with van der Waals surface area (Å²) in [7, 11) is 0. The summed E-state index contributed by atoms with van der Waals surface area (Å²) in [5, 5.41) is 7.14. The van der Waals surface area contributed by atoms with Crippen LogP contribution in [0.4, 0.5) is 23.4 Å². The van der Waals surface area contributed by atoms with E-state index in [2.05, 4.69) is 10.3 Å². The molecule has 2 unspecified atom stereocenters. The first-order chi connectivity index (χ1) is 18.1. The molecule has 0 bridgehead atoms. The summed E-state index contributed by atoms with van der Waals surface area (Å²) in [4.78, 5) is 31.9. The van der Waals surface area contributed by atoms with Gasteiger partial charge < -0.3 is 5.32 Å². The molecule has 0 aliphatic carbocycles. The van der Waals surface area contributed by atoms with Crippen LogP contribution < -0.4 is 10.2 Å². The summed E-state index contributed by atoms with van der Waals surface area (Å²) in [5.41, 5.74) is 2.02. The molecule has 1 aliphatic heterocycles. The second-order valence-corrected chi connectivity index (χ2v) is 9.53. The van der Waals surface area contributed by atoms with Gasteiger partial charge in [0.2, 0.25) is 0 Å². The fourth-order valence-electron chi connectivity index (χ4n) is 4.69. The van der Waals surface area contributed by atoms with Crippen LogP contribution in [0.2, 0.25) is 0 Å². The van der Waals surface area contributed by atoms with Crippen LogP contribution in [0.1, 0.15) is 45.2 Å². The van der Waals surface area contributed by atoms with E-state index in [9.17, 15) is 27.2 Å². The Bertz CT molecular complexity index is 1500. The molecule has 1 aliphatic rings. The van der Waals surface area contributed by atoms with Crippen molar-refractivity contribution < 1.29 is 27.2 Å². The number of nitrogens with zero attached hydrogens (tertiary/aromatic N) is 4. The summed E-state index contributed by atoms with van der Waals surface area (Å²) in [6.45, 7) is 3.78. The number of amides is 2. The minimum atomic E-state index is -4.70. The zero-order valence-corrected chi connectivity index (χ0v) is 21.0. The van der Waals surface area contributed by atoms with Gasteiger partial charge in [-0.1, -0.05) is 30.3 Å². The van der Waals surface area contributed by atoms with Gasteiger partial charge >= 0.3 is 6.18 Å². The van der Waals surface area contributed by atoms with Gasteiger partial charge in [-0.25, -0.2) is 14.1 Å². The highest BCUT2D eigenvalue weighted by Gasteiger charge is 2.46. The zero-order chi connectivity index (χ0) is 27.2. The molecule has 3 heterocycles. The molecule has 38 heavy (non-hydrogen) atoms. The maximum atomic E-state index is 13.9. The van der Waals surface area contributed by atoms with Crippen molar-refractivity contribution >= 4 is 29.0 Å². The van der Waals surface area contributed by atoms with Crippen molar-refractivity contribution in [3.8, 4) is 5.69 Å². The van der Waals surface area contributed by atoms with Crippen molar-refractivity contribution in [2.75, 3.05) is 11.4 Å². The van der Waals surface area contributed by atoms with Crippen LogP contribution in [0.25, 0.3) is 5.69 Å². The number of hydrogen-bond donors (Lipinski definition) is 1. The van der Waals surface area contributed by atoms with E-state index >= 15 is 0 Å². The number of rotatable bonds is 5. The highest BCUT2D eigenvalue weighted by atomic mass is 32.1. The normalized spacial score (nSPS) is 17.4. The lowest BCUT2D eigenvalue weighted by molar-refractivity contribution is -0.137. The smallest absolute Gasteiger partial charge is 0.338 e. The minimum absolute atomic E-state index is 0.237. The van der Waals surface area contributed by atoms with Gasteiger partial charge in [0.25, 0.3) is 11.8 Å². The Hall–Kier alpha value is -4.06. The van der Waals surface area contributed by atoms with Gasteiger partial charge in [-0.2, -0.15) is 18.3 Å². The van der Waals surface area contributed by atoms with E-state index < -0.39 is 46.5 Å². The van der Waals surface area contributed by atoms with Crippen molar-refractivity contribution in [2.45, 2.75) is 32.0 Å². The van der Waals surface area contributed by atoms with Gasteiger partial charge in [-0.15, -0.1) is 11.3 Å². The fraction of sp³-hybridized carbons (Fsp3) is 0.231. The summed E-state index contributed by atoms with van der Waals surface area (Å²) in [6, 6.07) is 13.5. The highest BCUT2D eigenvalue weighted by molar-refractivity contribution is 7.10. The van der Waals surface area contributed by atoms with Gasteiger partial charge in [0.1, 0.15) is 23.4 Å². The largest absolute Gasteiger partial charge is 0.443 e. The summed E-state index contributed by atoms with van der Waals surface area (Å²) in [6.07, 6.45) is -4.70. The number of likely N-dealkylation sites (N-methyl/N-ethyl adjacent to an activating group) is 1. The first-order valence-corrected chi connectivity index (χ1v) is 12.5. The average Bonchev–Trinajstić information content (AvgIpc) is 3.52. The summed E-state index contributed by atoms with van der Waals surface area (Å²) >= 11 is 0.296.